The minimum Gasteiger partial charge on any atom is -0.321 e. The van der Waals surface area contributed by atoms with Crippen LogP contribution >= 0.6 is 22.9 Å². The molecule has 4 nitrogen and oxygen atoms in total. The number of hydrogen-bond acceptors (Lipinski definition) is 4. The van der Waals surface area contributed by atoms with Crippen molar-refractivity contribution in [2.45, 2.75) is 26.2 Å². The highest BCUT2D eigenvalue weighted by atomic mass is 35.5. The fourth-order valence-electron chi connectivity index (χ4n) is 1.60. The highest BCUT2D eigenvalue weighted by Crippen LogP contribution is 2.27. The van der Waals surface area contributed by atoms with Gasteiger partial charge in [-0.25, -0.2) is 4.98 Å². The zero-order valence-corrected chi connectivity index (χ0v) is 13.5. The molecule has 1 N–H and O–H groups in total. The number of amides is 1. The number of nitrogens with one attached hydrogen (secondary N) is 1. The van der Waals surface area contributed by atoms with E-state index in [1.54, 1.807) is 24.4 Å². The first-order chi connectivity index (χ1) is 9.81. The lowest BCUT2D eigenvalue weighted by Gasteiger charge is -2.13. The van der Waals surface area contributed by atoms with E-state index in [2.05, 4.69) is 10.3 Å². The molecule has 1 heterocycles. The van der Waals surface area contributed by atoms with Gasteiger partial charge in [0, 0.05) is 11.1 Å². The van der Waals surface area contributed by atoms with Gasteiger partial charge in [-0.1, -0.05) is 32.4 Å². The van der Waals surface area contributed by atoms with Crippen LogP contribution in [0.3, 0.4) is 0 Å². The number of carbonyl (C=O) groups is 1. The molecule has 2 rings (SSSR count). The normalized spacial score (nSPS) is 11.0. The molecule has 0 aliphatic heterocycles. The standard InChI is InChI=1S/C15H14ClN3OS/c1-15(2,3)14-18-8-12(21-14)13(20)19-10-5-4-9(7-17)11(16)6-10/h4-6,8H,1-3H3,(H,19,20). The van der Waals surface area contributed by atoms with Crippen LogP contribution in [0, 0.1) is 11.3 Å². The van der Waals surface area contributed by atoms with Crippen molar-refractivity contribution >= 4 is 34.5 Å². The molecule has 0 bridgehead atoms. The molecule has 1 amide bonds. The largest absolute Gasteiger partial charge is 0.321 e. The molecular weight excluding hydrogens is 306 g/mol. The summed E-state index contributed by atoms with van der Waals surface area (Å²) in [7, 11) is 0. The van der Waals surface area contributed by atoms with Crippen LogP contribution in [0.15, 0.2) is 24.4 Å². The molecule has 0 unspecified atom stereocenters. The fourth-order valence-corrected chi connectivity index (χ4v) is 2.69. The number of nitrogens with zero attached hydrogens (tertiary/aromatic N) is 2. The van der Waals surface area contributed by atoms with Gasteiger partial charge in [-0.05, 0) is 18.2 Å². The van der Waals surface area contributed by atoms with Gasteiger partial charge in [0.2, 0.25) is 0 Å². The van der Waals surface area contributed by atoms with Crippen LogP contribution in [-0.4, -0.2) is 10.9 Å². The smallest absolute Gasteiger partial charge is 0.267 e. The van der Waals surface area contributed by atoms with E-state index >= 15 is 0 Å². The summed E-state index contributed by atoms with van der Waals surface area (Å²) < 4.78 is 0. The van der Waals surface area contributed by atoms with E-state index in [1.807, 2.05) is 26.8 Å². The van der Waals surface area contributed by atoms with Gasteiger partial charge in [-0.15, -0.1) is 11.3 Å². The highest BCUT2D eigenvalue weighted by molar-refractivity contribution is 7.13. The van der Waals surface area contributed by atoms with Crippen molar-refractivity contribution in [1.29, 1.82) is 5.26 Å². The maximum atomic E-state index is 12.2. The summed E-state index contributed by atoms with van der Waals surface area (Å²) >= 11 is 7.31. The summed E-state index contributed by atoms with van der Waals surface area (Å²) in [6, 6.07) is 6.76. The zero-order chi connectivity index (χ0) is 15.6. The van der Waals surface area contributed by atoms with E-state index in [0.29, 0.717) is 21.2 Å². The van der Waals surface area contributed by atoms with Gasteiger partial charge in [-0.3, -0.25) is 4.79 Å². The second kappa shape index (κ2) is 5.84. The Morgan fingerprint density at radius 3 is 2.67 bits per heavy atom. The molecule has 0 aliphatic rings. The molecule has 0 saturated heterocycles. The van der Waals surface area contributed by atoms with Crippen molar-refractivity contribution in [1.82, 2.24) is 4.98 Å². The van der Waals surface area contributed by atoms with Crippen LogP contribution in [0.1, 0.15) is 41.0 Å². The number of aromatic nitrogens is 1. The minimum absolute atomic E-state index is 0.0824. The Labute approximate surface area is 132 Å². The first-order valence-corrected chi connectivity index (χ1v) is 7.48. The predicted molar refractivity (Wildman–Crippen MR) is 84.9 cm³/mol. The second-order valence-electron chi connectivity index (χ2n) is 5.54. The maximum Gasteiger partial charge on any atom is 0.267 e. The molecule has 1 aromatic carbocycles. The SMILES string of the molecule is CC(C)(C)c1ncc(C(=O)Nc2ccc(C#N)c(Cl)c2)s1. The Hall–Kier alpha value is -1.90. The molecule has 0 fully saturated rings. The van der Waals surface area contributed by atoms with Gasteiger partial charge < -0.3 is 5.32 Å². The third kappa shape index (κ3) is 3.60. The number of benzene rings is 1. The van der Waals surface area contributed by atoms with Crippen LogP contribution in [0.2, 0.25) is 5.02 Å². The highest BCUT2D eigenvalue weighted by Gasteiger charge is 2.20. The molecule has 6 heteroatoms. The van der Waals surface area contributed by atoms with Crippen LogP contribution in [-0.2, 0) is 5.41 Å². The van der Waals surface area contributed by atoms with Gasteiger partial charge in [0.1, 0.15) is 10.9 Å². The number of halogens is 1. The quantitative estimate of drug-likeness (QED) is 0.901. The van der Waals surface area contributed by atoms with Crippen LogP contribution in [0.5, 0.6) is 0 Å². The first kappa shape index (κ1) is 15.5. The van der Waals surface area contributed by atoms with Gasteiger partial charge in [0.05, 0.1) is 21.8 Å². The lowest BCUT2D eigenvalue weighted by atomic mass is 9.98. The van der Waals surface area contributed by atoms with E-state index in [-0.39, 0.29) is 11.3 Å². The van der Waals surface area contributed by atoms with Gasteiger partial charge in [-0.2, -0.15) is 5.26 Å². The number of thiazole rings is 1. The summed E-state index contributed by atoms with van der Waals surface area (Å²) in [5.41, 5.74) is 0.846. The number of anilines is 1. The van der Waals surface area contributed by atoms with E-state index < -0.39 is 0 Å². The fraction of sp³-hybridized carbons (Fsp3) is 0.267. The molecule has 2 aromatic rings. The third-order valence-corrected chi connectivity index (χ3v) is 4.45. The van der Waals surface area contributed by atoms with Crippen molar-refractivity contribution in [3.63, 3.8) is 0 Å². The topological polar surface area (TPSA) is 65.8 Å². The maximum absolute atomic E-state index is 12.2. The van der Waals surface area contributed by atoms with Crippen LogP contribution < -0.4 is 5.32 Å². The molecule has 0 spiro atoms. The molecule has 0 radical (unpaired) electrons. The van der Waals surface area contributed by atoms with Crippen molar-refractivity contribution in [3.05, 3.63) is 44.9 Å². The first-order valence-electron chi connectivity index (χ1n) is 6.28. The molecular formula is C15H14ClN3OS. The predicted octanol–water partition coefficient (Wildman–Crippen LogP) is 4.22. The van der Waals surface area contributed by atoms with Gasteiger partial charge >= 0.3 is 0 Å². The molecule has 0 saturated carbocycles. The van der Waals surface area contributed by atoms with Crippen LogP contribution in [0.25, 0.3) is 0 Å². The monoisotopic (exact) mass is 319 g/mol. The van der Waals surface area contributed by atoms with E-state index in [9.17, 15) is 4.79 Å². The Kier molecular flexibility index (Phi) is 4.31. The lowest BCUT2D eigenvalue weighted by molar-refractivity contribution is 0.103. The molecule has 21 heavy (non-hydrogen) atoms. The molecule has 1 aromatic heterocycles. The summed E-state index contributed by atoms with van der Waals surface area (Å²) in [5.74, 6) is -0.233. The summed E-state index contributed by atoms with van der Waals surface area (Å²) in [6.07, 6.45) is 1.58. The Morgan fingerprint density at radius 1 is 1.43 bits per heavy atom. The van der Waals surface area contributed by atoms with Crippen molar-refractivity contribution in [2.75, 3.05) is 5.32 Å². The summed E-state index contributed by atoms with van der Waals surface area (Å²) in [4.78, 5) is 17.0. The Balaban J connectivity index is 2.17. The third-order valence-electron chi connectivity index (χ3n) is 2.72. The summed E-state index contributed by atoms with van der Waals surface area (Å²) in [5, 5.41) is 12.8. The van der Waals surface area contributed by atoms with Crippen molar-refractivity contribution in [2.24, 2.45) is 0 Å². The van der Waals surface area contributed by atoms with Crippen molar-refractivity contribution < 1.29 is 4.79 Å². The Morgan fingerprint density at radius 2 is 2.14 bits per heavy atom. The molecule has 0 aliphatic carbocycles. The average molecular weight is 320 g/mol. The van der Waals surface area contributed by atoms with Crippen LogP contribution in [0.4, 0.5) is 5.69 Å². The molecule has 0 atom stereocenters. The van der Waals surface area contributed by atoms with Gasteiger partial charge in [0.25, 0.3) is 5.91 Å². The molecule has 108 valence electrons. The second-order valence-corrected chi connectivity index (χ2v) is 6.98. The zero-order valence-electron chi connectivity index (χ0n) is 11.9. The van der Waals surface area contributed by atoms with Crippen molar-refractivity contribution in [3.8, 4) is 6.07 Å². The van der Waals surface area contributed by atoms with E-state index in [0.717, 1.165) is 5.01 Å². The van der Waals surface area contributed by atoms with E-state index in [1.165, 1.54) is 11.3 Å². The average Bonchev–Trinajstić information content (AvgIpc) is 2.88. The number of nitriles is 1. The number of rotatable bonds is 2. The van der Waals surface area contributed by atoms with E-state index in [4.69, 9.17) is 16.9 Å². The van der Waals surface area contributed by atoms with Gasteiger partial charge in [0.15, 0.2) is 0 Å². The Bertz CT molecular complexity index is 725. The lowest BCUT2D eigenvalue weighted by Crippen LogP contribution is -2.11. The summed E-state index contributed by atoms with van der Waals surface area (Å²) in [6.45, 7) is 6.15. The number of carbonyl (C=O) groups excluding carboxylic acids is 1. The minimum atomic E-state index is -0.233. The number of hydrogen-bond donors (Lipinski definition) is 1.